The van der Waals surface area contributed by atoms with E-state index in [0.29, 0.717) is 12.2 Å². The molecule has 0 aliphatic rings. The molecule has 0 fully saturated rings. The van der Waals surface area contributed by atoms with Gasteiger partial charge < -0.3 is 10.4 Å². The maximum Gasteiger partial charge on any atom is 0.238 e. The van der Waals surface area contributed by atoms with Gasteiger partial charge in [0.1, 0.15) is 5.82 Å². The number of carbonyl (C=O) groups excluding carboxylic acids is 1. The van der Waals surface area contributed by atoms with Gasteiger partial charge in [0, 0.05) is 12.2 Å². The molecule has 0 heterocycles. The Morgan fingerprint density at radius 3 is 2.80 bits per heavy atom. The third-order valence-electron chi connectivity index (χ3n) is 3.09. The Bertz CT molecular complexity index is 438. The summed E-state index contributed by atoms with van der Waals surface area (Å²) in [6, 6.07) is 4.31. The fraction of sp³-hybridized carbons (Fsp3) is 0.533. The van der Waals surface area contributed by atoms with Gasteiger partial charge in [-0.05, 0) is 37.6 Å². The second kappa shape index (κ2) is 8.66. The molecule has 1 rings (SSSR count). The van der Waals surface area contributed by atoms with E-state index >= 15 is 0 Å². The van der Waals surface area contributed by atoms with Gasteiger partial charge in [-0.2, -0.15) is 0 Å². The standard InChI is InChI=1S/C15H23FN2O2/c1-3-4-7-18(8-9-19)11-15(20)17-14-10-13(16)6-5-12(14)2/h5-6,10,19H,3-4,7-9,11H2,1-2H3,(H,17,20). The van der Waals surface area contributed by atoms with Crippen molar-refractivity contribution in [3.63, 3.8) is 0 Å². The Morgan fingerprint density at radius 2 is 2.15 bits per heavy atom. The van der Waals surface area contributed by atoms with Crippen LogP contribution >= 0.6 is 0 Å². The summed E-state index contributed by atoms with van der Waals surface area (Å²) in [5.74, 6) is -0.563. The molecular formula is C15H23FN2O2. The lowest BCUT2D eigenvalue weighted by Crippen LogP contribution is -2.36. The molecular weight excluding hydrogens is 259 g/mol. The van der Waals surface area contributed by atoms with E-state index in [2.05, 4.69) is 12.2 Å². The van der Waals surface area contributed by atoms with E-state index in [0.717, 1.165) is 24.9 Å². The Morgan fingerprint density at radius 1 is 1.40 bits per heavy atom. The van der Waals surface area contributed by atoms with E-state index in [-0.39, 0.29) is 24.9 Å². The summed E-state index contributed by atoms with van der Waals surface area (Å²) < 4.78 is 13.2. The fourth-order valence-corrected chi connectivity index (χ4v) is 1.91. The minimum atomic E-state index is -0.371. The second-order valence-electron chi connectivity index (χ2n) is 4.86. The van der Waals surface area contributed by atoms with Crippen molar-refractivity contribution in [2.75, 3.05) is 31.6 Å². The Kier molecular flexibility index (Phi) is 7.18. The van der Waals surface area contributed by atoms with Gasteiger partial charge in [0.25, 0.3) is 0 Å². The molecule has 4 nitrogen and oxygen atoms in total. The number of hydrogen-bond acceptors (Lipinski definition) is 3. The van der Waals surface area contributed by atoms with Crippen molar-refractivity contribution in [1.82, 2.24) is 4.90 Å². The van der Waals surface area contributed by atoms with Crippen LogP contribution in [0.1, 0.15) is 25.3 Å². The molecule has 112 valence electrons. The number of anilines is 1. The lowest BCUT2D eigenvalue weighted by atomic mass is 10.2. The number of aryl methyl sites for hydroxylation is 1. The average Bonchev–Trinajstić information content (AvgIpc) is 2.40. The monoisotopic (exact) mass is 282 g/mol. The molecule has 20 heavy (non-hydrogen) atoms. The number of halogens is 1. The molecule has 0 atom stereocenters. The number of rotatable bonds is 8. The van der Waals surface area contributed by atoms with Crippen LogP contribution in [0.2, 0.25) is 0 Å². The molecule has 0 spiro atoms. The molecule has 0 aromatic heterocycles. The molecule has 0 bridgehead atoms. The van der Waals surface area contributed by atoms with E-state index in [1.165, 1.54) is 12.1 Å². The number of amides is 1. The van der Waals surface area contributed by atoms with Gasteiger partial charge in [0.15, 0.2) is 0 Å². The first-order chi connectivity index (χ1) is 9.56. The quantitative estimate of drug-likeness (QED) is 0.768. The fourth-order valence-electron chi connectivity index (χ4n) is 1.91. The largest absolute Gasteiger partial charge is 0.395 e. The van der Waals surface area contributed by atoms with Crippen molar-refractivity contribution in [2.45, 2.75) is 26.7 Å². The van der Waals surface area contributed by atoms with Gasteiger partial charge in [-0.25, -0.2) is 4.39 Å². The van der Waals surface area contributed by atoms with Crippen LogP contribution in [-0.4, -0.2) is 42.2 Å². The van der Waals surface area contributed by atoms with Gasteiger partial charge in [-0.3, -0.25) is 9.69 Å². The molecule has 0 aliphatic carbocycles. The van der Waals surface area contributed by atoms with Crippen LogP contribution in [0.4, 0.5) is 10.1 Å². The first-order valence-corrected chi connectivity index (χ1v) is 6.96. The summed E-state index contributed by atoms with van der Waals surface area (Å²) in [5.41, 5.74) is 1.32. The van der Waals surface area contributed by atoms with Crippen molar-refractivity contribution in [3.05, 3.63) is 29.6 Å². The Balaban J connectivity index is 2.58. The number of nitrogens with zero attached hydrogens (tertiary/aromatic N) is 1. The number of benzene rings is 1. The first-order valence-electron chi connectivity index (χ1n) is 6.96. The van der Waals surface area contributed by atoms with Crippen molar-refractivity contribution >= 4 is 11.6 Å². The minimum absolute atomic E-state index is 0.0238. The summed E-state index contributed by atoms with van der Waals surface area (Å²) in [5, 5.41) is 11.7. The van der Waals surface area contributed by atoms with E-state index < -0.39 is 0 Å². The van der Waals surface area contributed by atoms with E-state index in [4.69, 9.17) is 5.11 Å². The molecule has 0 saturated heterocycles. The number of aliphatic hydroxyl groups is 1. The molecule has 0 saturated carbocycles. The van der Waals surface area contributed by atoms with Gasteiger partial charge >= 0.3 is 0 Å². The smallest absolute Gasteiger partial charge is 0.238 e. The SMILES string of the molecule is CCCCN(CCO)CC(=O)Nc1cc(F)ccc1C. The second-order valence-corrected chi connectivity index (χ2v) is 4.86. The topological polar surface area (TPSA) is 52.6 Å². The molecule has 5 heteroatoms. The van der Waals surface area contributed by atoms with Gasteiger partial charge in [0.2, 0.25) is 5.91 Å². The van der Waals surface area contributed by atoms with Crippen LogP contribution in [-0.2, 0) is 4.79 Å². The maximum atomic E-state index is 13.2. The molecule has 0 aliphatic heterocycles. The highest BCUT2D eigenvalue weighted by atomic mass is 19.1. The highest BCUT2D eigenvalue weighted by Crippen LogP contribution is 2.15. The molecule has 1 aromatic carbocycles. The summed E-state index contributed by atoms with van der Waals surface area (Å²) >= 11 is 0. The lowest BCUT2D eigenvalue weighted by Gasteiger charge is -2.20. The predicted molar refractivity (Wildman–Crippen MR) is 78.2 cm³/mol. The molecule has 1 amide bonds. The minimum Gasteiger partial charge on any atom is -0.395 e. The maximum absolute atomic E-state index is 13.2. The normalized spacial score (nSPS) is 10.8. The van der Waals surface area contributed by atoms with Gasteiger partial charge in [0.05, 0.1) is 13.2 Å². The zero-order valence-corrected chi connectivity index (χ0v) is 12.2. The van der Waals surface area contributed by atoms with E-state index in [9.17, 15) is 9.18 Å². The predicted octanol–water partition coefficient (Wildman–Crippen LogP) is 2.17. The van der Waals surface area contributed by atoms with Crippen LogP contribution in [0.25, 0.3) is 0 Å². The highest BCUT2D eigenvalue weighted by Gasteiger charge is 2.11. The average molecular weight is 282 g/mol. The summed E-state index contributed by atoms with van der Waals surface area (Å²) in [6.07, 6.45) is 2.01. The van der Waals surface area contributed by atoms with Crippen LogP contribution in [0.15, 0.2) is 18.2 Å². The van der Waals surface area contributed by atoms with Gasteiger partial charge in [-0.15, -0.1) is 0 Å². The summed E-state index contributed by atoms with van der Waals surface area (Å²) in [6.45, 7) is 5.36. The number of carbonyl (C=O) groups is 1. The van der Waals surface area contributed by atoms with Crippen molar-refractivity contribution in [3.8, 4) is 0 Å². The molecule has 0 radical (unpaired) electrons. The van der Waals surface area contributed by atoms with Crippen LogP contribution in [0.3, 0.4) is 0 Å². The molecule has 0 unspecified atom stereocenters. The Hall–Kier alpha value is -1.46. The molecule has 1 aromatic rings. The summed E-state index contributed by atoms with van der Waals surface area (Å²) in [4.78, 5) is 13.9. The third kappa shape index (κ3) is 5.67. The zero-order valence-electron chi connectivity index (χ0n) is 12.2. The third-order valence-corrected chi connectivity index (χ3v) is 3.09. The number of aliphatic hydroxyl groups excluding tert-OH is 1. The Labute approximate surface area is 119 Å². The van der Waals surface area contributed by atoms with Crippen molar-refractivity contribution in [1.29, 1.82) is 0 Å². The first kappa shape index (κ1) is 16.6. The van der Waals surface area contributed by atoms with Crippen LogP contribution in [0, 0.1) is 12.7 Å². The van der Waals surface area contributed by atoms with Crippen molar-refractivity contribution in [2.24, 2.45) is 0 Å². The summed E-state index contributed by atoms with van der Waals surface area (Å²) in [7, 11) is 0. The van der Waals surface area contributed by atoms with E-state index in [1.807, 2.05) is 11.8 Å². The lowest BCUT2D eigenvalue weighted by molar-refractivity contribution is -0.117. The number of unbranched alkanes of at least 4 members (excludes halogenated alkanes) is 1. The van der Waals surface area contributed by atoms with Crippen molar-refractivity contribution < 1.29 is 14.3 Å². The highest BCUT2D eigenvalue weighted by molar-refractivity contribution is 5.92. The van der Waals surface area contributed by atoms with E-state index in [1.54, 1.807) is 6.07 Å². The van der Waals surface area contributed by atoms with Gasteiger partial charge in [-0.1, -0.05) is 19.4 Å². The van der Waals surface area contributed by atoms with Crippen LogP contribution < -0.4 is 5.32 Å². The number of hydrogen-bond donors (Lipinski definition) is 2. The molecule has 2 N–H and O–H groups in total. The zero-order chi connectivity index (χ0) is 15.0. The van der Waals surface area contributed by atoms with Crippen LogP contribution in [0.5, 0.6) is 0 Å². The number of nitrogens with one attached hydrogen (secondary N) is 1.